The molecule has 0 saturated carbocycles. The number of nitrogens with zero attached hydrogens (tertiary/aromatic N) is 1. The van der Waals surface area contributed by atoms with E-state index < -0.39 is 5.91 Å². The zero-order valence-corrected chi connectivity index (χ0v) is 11.6. The van der Waals surface area contributed by atoms with Gasteiger partial charge in [0, 0.05) is 26.2 Å². The molecule has 1 heterocycles. The highest BCUT2D eigenvalue weighted by Gasteiger charge is 2.18. The van der Waals surface area contributed by atoms with Crippen LogP contribution in [0.1, 0.15) is 10.4 Å². The van der Waals surface area contributed by atoms with Crippen LogP contribution in [0.3, 0.4) is 0 Å². The molecule has 1 aliphatic heterocycles. The number of rotatable bonds is 3. The molecule has 3 N–H and O–H groups in total. The average molecular weight is 298 g/mol. The lowest BCUT2D eigenvalue weighted by molar-refractivity contribution is -0.130. The third-order valence-corrected chi connectivity index (χ3v) is 3.39. The van der Waals surface area contributed by atoms with Crippen LogP contribution in [-0.4, -0.2) is 54.5 Å². The van der Waals surface area contributed by atoms with Crippen molar-refractivity contribution in [3.05, 3.63) is 28.8 Å². The molecule has 0 spiro atoms. The Kier molecular flexibility index (Phi) is 4.81. The fourth-order valence-electron chi connectivity index (χ4n) is 1.96. The van der Waals surface area contributed by atoms with Crippen LogP contribution < -0.4 is 10.6 Å². The molecule has 6 nitrogen and oxygen atoms in total. The summed E-state index contributed by atoms with van der Waals surface area (Å²) in [5.41, 5.74) is 0.153. The topological polar surface area (TPSA) is 81.7 Å². The highest BCUT2D eigenvalue weighted by molar-refractivity contribution is 6.33. The Morgan fingerprint density at radius 2 is 2.05 bits per heavy atom. The molecule has 20 heavy (non-hydrogen) atoms. The maximum absolute atomic E-state index is 11.9. The summed E-state index contributed by atoms with van der Waals surface area (Å²) in [7, 11) is 0. The van der Waals surface area contributed by atoms with E-state index in [1.54, 1.807) is 4.90 Å². The van der Waals surface area contributed by atoms with Crippen LogP contribution >= 0.6 is 11.6 Å². The first-order chi connectivity index (χ1) is 9.58. The largest absolute Gasteiger partial charge is 0.508 e. The number of phenolic OH excluding ortho intramolecular Hbond substituents is 1. The Hall–Kier alpha value is -1.79. The van der Waals surface area contributed by atoms with Gasteiger partial charge in [-0.3, -0.25) is 9.59 Å². The van der Waals surface area contributed by atoms with Gasteiger partial charge in [0.15, 0.2) is 0 Å². The van der Waals surface area contributed by atoms with Crippen molar-refractivity contribution in [2.75, 3.05) is 32.7 Å². The zero-order valence-electron chi connectivity index (χ0n) is 10.9. The number of benzene rings is 1. The van der Waals surface area contributed by atoms with Crippen molar-refractivity contribution in [2.45, 2.75) is 0 Å². The van der Waals surface area contributed by atoms with Crippen LogP contribution in [0.25, 0.3) is 0 Å². The van der Waals surface area contributed by atoms with E-state index in [-0.39, 0.29) is 28.8 Å². The van der Waals surface area contributed by atoms with Crippen LogP contribution in [0.15, 0.2) is 18.2 Å². The van der Waals surface area contributed by atoms with Crippen LogP contribution in [0.4, 0.5) is 0 Å². The van der Waals surface area contributed by atoms with Crippen molar-refractivity contribution >= 4 is 23.4 Å². The molecule has 1 aromatic carbocycles. The number of phenols is 1. The molecule has 0 aliphatic carbocycles. The average Bonchev–Trinajstić information content (AvgIpc) is 2.47. The first-order valence-corrected chi connectivity index (χ1v) is 6.71. The van der Waals surface area contributed by atoms with Crippen molar-refractivity contribution in [1.29, 1.82) is 0 Å². The number of amides is 2. The van der Waals surface area contributed by atoms with Gasteiger partial charge in [-0.15, -0.1) is 0 Å². The lowest BCUT2D eigenvalue weighted by Crippen LogP contribution is -2.49. The molecule has 1 aromatic rings. The van der Waals surface area contributed by atoms with Crippen LogP contribution in [0.5, 0.6) is 5.75 Å². The van der Waals surface area contributed by atoms with E-state index >= 15 is 0 Å². The number of nitrogens with one attached hydrogen (secondary N) is 2. The number of hydrogen-bond acceptors (Lipinski definition) is 4. The van der Waals surface area contributed by atoms with Gasteiger partial charge in [-0.25, -0.2) is 0 Å². The molecule has 0 unspecified atom stereocenters. The molecule has 2 amide bonds. The Morgan fingerprint density at radius 3 is 2.75 bits per heavy atom. The van der Waals surface area contributed by atoms with Crippen LogP contribution in [-0.2, 0) is 4.79 Å². The maximum atomic E-state index is 11.9. The number of carbonyl (C=O) groups is 2. The molecule has 1 aliphatic rings. The summed E-state index contributed by atoms with van der Waals surface area (Å²) in [5.74, 6) is -0.654. The van der Waals surface area contributed by atoms with Crippen molar-refractivity contribution < 1.29 is 14.7 Å². The van der Waals surface area contributed by atoms with Gasteiger partial charge in [-0.05, 0) is 18.2 Å². The second-order valence-corrected chi connectivity index (χ2v) is 4.88. The van der Waals surface area contributed by atoms with E-state index in [2.05, 4.69) is 10.6 Å². The van der Waals surface area contributed by atoms with E-state index in [9.17, 15) is 14.7 Å². The first-order valence-electron chi connectivity index (χ1n) is 6.33. The van der Waals surface area contributed by atoms with Gasteiger partial charge in [-0.1, -0.05) is 11.6 Å². The van der Waals surface area contributed by atoms with E-state index in [1.807, 2.05) is 0 Å². The van der Waals surface area contributed by atoms with Gasteiger partial charge >= 0.3 is 0 Å². The standard InChI is InChI=1S/C13H16ClN3O3/c14-11-2-1-9(18)7-10(11)13(20)16-8-12(19)17-5-3-15-4-6-17/h1-2,7,15,18H,3-6,8H2,(H,16,20). The lowest BCUT2D eigenvalue weighted by Gasteiger charge is -2.27. The zero-order chi connectivity index (χ0) is 14.5. The van der Waals surface area contributed by atoms with Gasteiger partial charge in [-0.2, -0.15) is 0 Å². The number of carbonyl (C=O) groups excluding carboxylic acids is 2. The minimum absolute atomic E-state index is 0.0482. The van der Waals surface area contributed by atoms with E-state index in [1.165, 1.54) is 18.2 Å². The quantitative estimate of drug-likeness (QED) is 0.745. The minimum atomic E-state index is -0.477. The Labute approximate surface area is 121 Å². The number of hydrogen-bond donors (Lipinski definition) is 3. The second kappa shape index (κ2) is 6.58. The smallest absolute Gasteiger partial charge is 0.253 e. The summed E-state index contributed by atoms with van der Waals surface area (Å²) in [6.45, 7) is 2.73. The van der Waals surface area contributed by atoms with Crippen molar-refractivity contribution in [3.8, 4) is 5.75 Å². The van der Waals surface area contributed by atoms with Gasteiger partial charge in [0.1, 0.15) is 5.75 Å². The van der Waals surface area contributed by atoms with E-state index in [0.29, 0.717) is 13.1 Å². The molecular weight excluding hydrogens is 282 g/mol. The molecule has 1 fully saturated rings. The Bertz CT molecular complexity index is 516. The molecule has 0 radical (unpaired) electrons. The van der Waals surface area contributed by atoms with Crippen molar-refractivity contribution in [1.82, 2.24) is 15.5 Å². The van der Waals surface area contributed by atoms with Crippen LogP contribution in [0.2, 0.25) is 5.02 Å². The third kappa shape index (κ3) is 3.61. The summed E-state index contributed by atoms with van der Waals surface area (Å²) in [6, 6.07) is 4.10. The number of halogens is 1. The molecule has 0 aromatic heterocycles. The molecule has 7 heteroatoms. The van der Waals surface area contributed by atoms with Gasteiger partial charge < -0.3 is 20.6 Å². The highest BCUT2D eigenvalue weighted by Crippen LogP contribution is 2.20. The number of aromatic hydroxyl groups is 1. The summed E-state index contributed by atoms with van der Waals surface area (Å²) in [6.07, 6.45) is 0. The SMILES string of the molecule is O=C(NCC(=O)N1CCNCC1)c1cc(O)ccc1Cl. The van der Waals surface area contributed by atoms with Gasteiger partial charge in [0.05, 0.1) is 17.1 Å². The fourth-order valence-corrected chi connectivity index (χ4v) is 2.17. The summed E-state index contributed by atoms with van der Waals surface area (Å²) >= 11 is 5.88. The van der Waals surface area contributed by atoms with E-state index in [4.69, 9.17) is 11.6 Å². The third-order valence-electron chi connectivity index (χ3n) is 3.06. The predicted octanol–water partition coefficient (Wildman–Crippen LogP) is 0.207. The Balaban J connectivity index is 1.91. The molecule has 1 saturated heterocycles. The minimum Gasteiger partial charge on any atom is -0.508 e. The first kappa shape index (κ1) is 14.6. The van der Waals surface area contributed by atoms with E-state index in [0.717, 1.165) is 13.1 Å². The molecular formula is C13H16ClN3O3. The normalized spacial score (nSPS) is 14.9. The predicted molar refractivity (Wildman–Crippen MR) is 74.9 cm³/mol. The van der Waals surface area contributed by atoms with Crippen LogP contribution in [0, 0.1) is 0 Å². The van der Waals surface area contributed by atoms with Gasteiger partial charge in [0.25, 0.3) is 5.91 Å². The highest BCUT2D eigenvalue weighted by atomic mass is 35.5. The van der Waals surface area contributed by atoms with Crippen molar-refractivity contribution in [3.63, 3.8) is 0 Å². The maximum Gasteiger partial charge on any atom is 0.253 e. The monoisotopic (exact) mass is 297 g/mol. The lowest BCUT2D eigenvalue weighted by atomic mass is 10.2. The molecule has 0 atom stereocenters. The summed E-state index contributed by atoms with van der Waals surface area (Å²) < 4.78 is 0. The summed E-state index contributed by atoms with van der Waals surface area (Å²) in [4.78, 5) is 25.5. The summed E-state index contributed by atoms with van der Waals surface area (Å²) in [5, 5.41) is 15.2. The number of piperazine rings is 1. The van der Waals surface area contributed by atoms with Crippen molar-refractivity contribution in [2.24, 2.45) is 0 Å². The molecule has 0 bridgehead atoms. The molecule has 108 valence electrons. The second-order valence-electron chi connectivity index (χ2n) is 4.48. The fraction of sp³-hybridized carbons (Fsp3) is 0.385. The Morgan fingerprint density at radius 1 is 1.35 bits per heavy atom. The molecule has 2 rings (SSSR count). The van der Waals surface area contributed by atoms with Gasteiger partial charge in [0.2, 0.25) is 5.91 Å².